The summed E-state index contributed by atoms with van der Waals surface area (Å²) in [6.45, 7) is 8.15. The van der Waals surface area contributed by atoms with Crippen LogP contribution >= 0.6 is 0 Å². The van der Waals surface area contributed by atoms with E-state index in [1.807, 2.05) is 68.3 Å². The van der Waals surface area contributed by atoms with Crippen LogP contribution in [0.5, 0.6) is 5.75 Å². The summed E-state index contributed by atoms with van der Waals surface area (Å²) in [6.07, 6.45) is 7.70. The molecule has 0 spiro atoms. The lowest BCUT2D eigenvalue weighted by Gasteiger charge is -2.38. The standard InChI is InChI=1S/C44H65FN6O6/c1-26(2)29-14-13-27(3)38(21-29)48-44(55)41-40(28(4)53)39(25-52)57-51(41)24-36-37(45)16-15-35(42(36)56-9)30-18-31(20-34(19-30)50(7)8)43(54)47-33(23-49(5)6)22-32-12-10-11-17-46-32/h10-12,15-18,20,26-30,33,38-41,52-53H,13-14,19,21-25H2,1-9H3,(H,47,54)(H,48,55)/t27-,28-,29+,30?,33?,38-,39-,40+,41-/m0/s1. The first-order valence-corrected chi connectivity index (χ1v) is 20.4. The average molecular weight is 793 g/mol. The van der Waals surface area contributed by atoms with Crippen LogP contribution in [0.15, 0.2) is 60.0 Å². The molecule has 57 heavy (non-hydrogen) atoms. The monoisotopic (exact) mass is 792 g/mol. The number of nitrogens with zero attached hydrogens (tertiary/aromatic N) is 4. The number of methoxy groups -OCH3 is 1. The van der Waals surface area contributed by atoms with Crippen LogP contribution in [0.25, 0.3) is 0 Å². The van der Waals surface area contributed by atoms with Crippen LogP contribution in [-0.4, -0.2) is 121 Å². The molecule has 1 aromatic carbocycles. The van der Waals surface area contributed by atoms with Gasteiger partial charge < -0.3 is 35.4 Å². The molecule has 2 aromatic rings. The van der Waals surface area contributed by atoms with Crippen LogP contribution in [0.3, 0.4) is 0 Å². The summed E-state index contributed by atoms with van der Waals surface area (Å²) in [5.74, 6) is -0.717. The number of aliphatic hydroxyl groups is 2. The van der Waals surface area contributed by atoms with E-state index in [2.05, 4.69) is 36.4 Å². The second-order valence-corrected chi connectivity index (χ2v) is 17.1. The first-order chi connectivity index (χ1) is 27.1. The number of halogens is 1. The van der Waals surface area contributed by atoms with Gasteiger partial charge in [0.2, 0.25) is 5.91 Å². The number of ether oxygens (including phenoxy) is 1. The molecule has 2 fully saturated rings. The van der Waals surface area contributed by atoms with Gasteiger partial charge in [0.25, 0.3) is 5.91 Å². The first kappa shape index (κ1) is 44.2. The number of nitrogens with one attached hydrogen (secondary N) is 2. The predicted molar refractivity (Wildman–Crippen MR) is 218 cm³/mol. The van der Waals surface area contributed by atoms with Crippen LogP contribution in [0.1, 0.15) is 76.1 Å². The third-order valence-corrected chi connectivity index (χ3v) is 12.1. The number of hydrogen-bond acceptors (Lipinski definition) is 10. The number of aliphatic hydroxyl groups excluding tert-OH is 2. The van der Waals surface area contributed by atoms with Gasteiger partial charge >= 0.3 is 0 Å². The summed E-state index contributed by atoms with van der Waals surface area (Å²) in [4.78, 5) is 43.0. The maximum absolute atomic E-state index is 16.1. The summed E-state index contributed by atoms with van der Waals surface area (Å²) in [5, 5.41) is 29.2. The Bertz CT molecular complexity index is 1730. The maximum atomic E-state index is 16.1. The number of carbonyl (C=O) groups excluding carboxylic acids is 2. The molecule has 13 heteroatoms. The molecule has 2 aliphatic carbocycles. The maximum Gasteiger partial charge on any atom is 0.251 e. The Morgan fingerprint density at radius 2 is 1.88 bits per heavy atom. The van der Waals surface area contributed by atoms with Crippen molar-refractivity contribution >= 4 is 11.8 Å². The summed E-state index contributed by atoms with van der Waals surface area (Å²) < 4.78 is 22.1. The summed E-state index contributed by atoms with van der Waals surface area (Å²) in [7, 11) is 9.26. The van der Waals surface area contributed by atoms with Crippen molar-refractivity contribution in [2.75, 3.05) is 48.5 Å². The minimum Gasteiger partial charge on any atom is -0.496 e. The van der Waals surface area contributed by atoms with Crippen molar-refractivity contribution in [2.45, 2.75) is 103 Å². The van der Waals surface area contributed by atoms with Crippen LogP contribution in [-0.2, 0) is 27.4 Å². The van der Waals surface area contributed by atoms with Gasteiger partial charge in [-0.1, -0.05) is 39.0 Å². The minimum atomic E-state index is -1.00. The Kier molecular flexibility index (Phi) is 15.3. The zero-order valence-corrected chi connectivity index (χ0v) is 35.2. The lowest BCUT2D eigenvalue weighted by Crippen LogP contribution is -2.53. The van der Waals surface area contributed by atoms with Crippen molar-refractivity contribution in [1.82, 2.24) is 30.5 Å². The Balaban J connectivity index is 1.45. The van der Waals surface area contributed by atoms with Gasteiger partial charge in [0.05, 0.1) is 26.4 Å². The molecule has 1 aromatic heterocycles. The van der Waals surface area contributed by atoms with E-state index in [0.717, 1.165) is 30.7 Å². The van der Waals surface area contributed by atoms with Crippen LogP contribution < -0.4 is 15.4 Å². The number of amides is 2. The number of likely N-dealkylation sites (N-methyl/N-ethyl adjacent to an activating group) is 1. The van der Waals surface area contributed by atoms with E-state index >= 15 is 4.39 Å². The van der Waals surface area contributed by atoms with Gasteiger partial charge in [0.15, 0.2) is 0 Å². The SMILES string of the molecule is COc1c(C2C=C(C(=O)NC(Cc3ccccn3)CN(C)C)C=C(N(C)C)C2)ccc(F)c1CN1O[C@@H](CO)[C@@H]([C@H](C)O)[C@H]1C(=O)N[C@H]1C[C@H](C(C)C)CC[C@@H]1C. The summed E-state index contributed by atoms with van der Waals surface area (Å²) in [6, 6.07) is 7.54. The molecule has 0 bridgehead atoms. The molecule has 2 amide bonds. The quantitative estimate of drug-likeness (QED) is 0.193. The van der Waals surface area contributed by atoms with Gasteiger partial charge in [-0.2, -0.15) is 5.06 Å². The minimum absolute atomic E-state index is 0.0606. The predicted octanol–water partition coefficient (Wildman–Crippen LogP) is 4.43. The third-order valence-electron chi connectivity index (χ3n) is 12.1. The number of aromatic nitrogens is 1. The zero-order chi connectivity index (χ0) is 41.6. The fourth-order valence-corrected chi connectivity index (χ4v) is 8.85. The highest BCUT2D eigenvalue weighted by Gasteiger charge is 2.50. The summed E-state index contributed by atoms with van der Waals surface area (Å²) >= 11 is 0. The molecule has 1 aliphatic heterocycles. The molecule has 314 valence electrons. The molecule has 4 N–H and O–H groups in total. The molecule has 12 nitrogen and oxygen atoms in total. The fourth-order valence-electron chi connectivity index (χ4n) is 8.85. The highest BCUT2D eigenvalue weighted by atomic mass is 19.1. The highest BCUT2D eigenvalue weighted by Crippen LogP contribution is 2.42. The van der Waals surface area contributed by atoms with Crippen LogP contribution in [0, 0.1) is 29.5 Å². The molecule has 0 radical (unpaired) electrons. The summed E-state index contributed by atoms with van der Waals surface area (Å²) in [5.41, 5.74) is 3.12. The number of benzene rings is 1. The second kappa shape index (κ2) is 19.7. The first-order valence-electron chi connectivity index (χ1n) is 20.4. The third kappa shape index (κ3) is 10.8. The number of allylic oxidation sites excluding steroid dienone is 2. The topological polar surface area (TPSA) is 140 Å². The number of rotatable bonds is 16. The Labute approximate surface area is 338 Å². The molecule has 1 saturated heterocycles. The van der Waals surface area contributed by atoms with E-state index in [1.54, 1.807) is 19.2 Å². The lowest BCUT2D eigenvalue weighted by molar-refractivity contribution is -0.182. The largest absolute Gasteiger partial charge is 0.496 e. The molecule has 1 saturated carbocycles. The van der Waals surface area contributed by atoms with Crippen molar-refractivity contribution in [1.29, 1.82) is 0 Å². The zero-order valence-electron chi connectivity index (χ0n) is 35.2. The highest BCUT2D eigenvalue weighted by molar-refractivity contribution is 5.97. The smallest absolute Gasteiger partial charge is 0.251 e. The molecular formula is C44H65FN6O6. The molecular weight excluding hydrogens is 728 g/mol. The van der Waals surface area contributed by atoms with Crippen LogP contribution in [0.4, 0.5) is 4.39 Å². The van der Waals surface area contributed by atoms with Gasteiger partial charge in [-0.3, -0.25) is 19.4 Å². The van der Waals surface area contributed by atoms with E-state index in [9.17, 15) is 19.8 Å². The second-order valence-electron chi connectivity index (χ2n) is 17.1. The lowest BCUT2D eigenvalue weighted by atomic mass is 9.74. The van der Waals surface area contributed by atoms with E-state index in [-0.39, 0.29) is 53.6 Å². The number of hydrogen-bond donors (Lipinski definition) is 4. The van der Waals surface area contributed by atoms with Crippen molar-refractivity contribution < 1.29 is 33.8 Å². The normalized spacial score (nSPS) is 26.5. The Morgan fingerprint density at radius 1 is 1.12 bits per heavy atom. The van der Waals surface area contributed by atoms with Gasteiger partial charge in [-0.15, -0.1) is 0 Å². The fraction of sp³-hybridized carbons (Fsp3) is 0.614. The average Bonchev–Trinajstić information content (AvgIpc) is 3.55. The Morgan fingerprint density at radius 3 is 2.49 bits per heavy atom. The van der Waals surface area contributed by atoms with Crippen molar-refractivity contribution in [3.05, 3.63) is 82.6 Å². The van der Waals surface area contributed by atoms with Gasteiger partial charge in [0, 0.05) is 85.3 Å². The van der Waals surface area contributed by atoms with Crippen molar-refractivity contribution in [3.63, 3.8) is 0 Å². The van der Waals surface area contributed by atoms with E-state index in [4.69, 9.17) is 9.57 Å². The number of pyridine rings is 1. The van der Waals surface area contributed by atoms with Crippen molar-refractivity contribution in [3.8, 4) is 5.75 Å². The van der Waals surface area contributed by atoms with Gasteiger partial charge in [-0.05, 0) is 88.7 Å². The van der Waals surface area contributed by atoms with E-state index < -0.39 is 36.6 Å². The number of carbonyl (C=O) groups is 2. The Hall–Kier alpha value is -3.88. The molecule has 3 aliphatic rings. The van der Waals surface area contributed by atoms with Gasteiger partial charge in [0.1, 0.15) is 23.7 Å². The molecule has 5 rings (SSSR count). The molecule has 9 atom stereocenters. The van der Waals surface area contributed by atoms with Gasteiger partial charge in [-0.25, -0.2) is 4.39 Å². The molecule has 2 unspecified atom stereocenters. The van der Waals surface area contributed by atoms with E-state index in [0.29, 0.717) is 42.4 Å². The van der Waals surface area contributed by atoms with Crippen molar-refractivity contribution in [2.24, 2.45) is 23.7 Å². The molecule has 2 heterocycles. The van der Waals surface area contributed by atoms with E-state index in [1.165, 1.54) is 18.2 Å². The van der Waals surface area contributed by atoms with Crippen LogP contribution in [0.2, 0.25) is 0 Å². The number of hydroxylamine groups is 2.